The van der Waals surface area contributed by atoms with Gasteiger partial charge < -0.3 is 15.4 Å². The molecule has 106 valence electrons. The molecular formula is C13H21N3O3. The third kappa shape index (κ3) is 5.56. The molecule has 0 bridgehead atoms. The van der Waals surface area contributed by atoms with E-state index in [1.165, 1.54) is 12.1 Å². The molecule has 0 fully saturated rings. The van der Waals surface area contributed by atoms with Crippen LogP contribution in [0, 0.1) is 10.1 Å². The van der Waals surface area contributed by atoms with Crippen LogP contribution in [0.25, 0.3) is 0 Å². The van der Waals surface area contributed by atoms with Gasteiger partial charge in [0.15, 0.2) is 0 Å². The van der Waals surface area contributed by atoms with Crippen molar-refractivity contribution in [1.82, 2.24) is 0 Å². The molecule has 0 aliphatic carbocycles. The minimum Gasteiger partial charge on any atom is -0.388 e. The number of anilines is 2. The molecule has 0 heterocycles. The zero-order valence-corrected chi connectivity index (χ0v) is 11.4. The van der Waals surface area contributed by atoms with E-state index in [-0.39, 0.29) is 5.69 Å². The van der Waals surface area contributed by atoms with Gasteiger partial charge in [-0.2, -0.15) is 0 Å². The highest BCUT2D eigenvalue weighted by Crippen LogP contribution is 2.23. The van der Waals surface area contributed by atoms with Crippen LogP contribution in [0.1, 0.15) is 19.8 Å². The minimum atomic E-state index is -0.392. The molecule has 19 heavy (non-hydrogen) atoms. The molecule has 0 saturated heterocycles. The highest BCUT2D eigenvalue weighted by molar-refractivity contribution is 5.63. The number of hydrogen-bond acceptors (Lipinski definition) is 5. The van der Waals surface area contributed by atoms with E-state index in [1.807, 2.05) is 6.07 Å². The average Bonchev–Trinajstić information content (AvgIpc) is 2.42. The van der Waals surface area contributed by atoms with E-state index in [0.717, 1.165) is 37.4 Å². The number of non-ortho nitro benzene ring substituents is 1. The zero-order chi connectivity index (χ0) is 14.1. The number of rotatable bonds is 9. The van der Waals surface area contributed by atoms with E-state index in [1.54, 1.807) is 7.05 Å². The maximum Gasteiger partial charge on any atom is 0.273 e. The van der Waals surface area contributed by atoms with Gasteiger partial charge in [-0.05, 0) is 18.9 Å². The predicted molar refractivity (Wildman–Crippen MR) is 76.9 cm³/mol. The van der Waals surface area contributed by atoms with Crippen LogP contribution in [0.2, 0.25) is 0 Å². The Kier molecular flexibility index (Phi) is 6.67. The second-order valence-corrected chi connectivity index (χ2v) is 4.17. The van der Waals surface area contributed by atoms with Crippen molar-refractivity contribution in [3.05, 3.63) is 28.3 Å². The monoisotopic (exact) mass is 267 g/mol. The largest absolute Gasteiger partial charge is 0.388 e. The van der Waals surface area contributed by atoms with Crippen LogP contribution < -0.4 is 10.6 Å². The van der Waals surface area contributed by atoms with Gasteiger partial charge in [0.2, 0.25) is 0 Å². The standard InChI is InChI=1S/C13H21N3O3/c1-3-6-19-7-4-5-15-12-8-11(14-2)9-13(10-12)16(17)18/h8-10,14-15H,3-7H2,1-2H3. The van der Waals surface area contributed by atoms with Gasteiger partial charge in [0, 0.05) is 50.3 Å². The Morgan fingerprint density at radius 2 is 2.00 bits per heavy atom. The van der Waals surface area contributed by atoms with Gasteiger partial charge in [-0.1, -0.05) is 6.92 Å². The Bertz CT molecular complexity index is 410. The van der Waals surface area contributed by atoms with E-state index >= 15 is 0 Å². The van der Waals surface area contributed by atoms with Crippen molar-refractivity contribution in [2.45, 2.75) is 19.8 Å². The molecule has 0 saturated carbocycles. The average molecular weight is 267 g/mol. The van der Waals surface area contributed by atoms with E-state index in [9.17, 15) is 10.1 Å². The summed E-state index contributed by atoms with van der Waals surface area (Å²) in [6.45, 7) is 4.28. The van der Waals surface area contributed by atoms with Crippen molar-refractivity contribution in [2.75, 3.05) is 37.4 Å². The molecule has 1 rings (SSSR count). The predicted octanol–water partition coefficient (Wildman–Crippen LogP) is 2.87. The first-order chi connectivity index (χ1) is 9.17. The third-order valence-corrected chi connectivity index (χ3v) is 2.56. The molecule has 0 aromatic heterocycles. The lowest BCUT2D eigenvalue weighted by molar-refractivity contribution is -0.384. The number of nitro groups is 1. The topological polar surface area (TPSA) is 76.4 Å². The summed E-state index contributed by atoms with van der Waals surface area (Å²) in [5.41, 5.74) is 1.55. The van der Waals surface area contributed by atoms with Crippen LogP contribution in [-0.4, -0.2) is 31.7 Å². The second kappa shape index (κ2) is 8.31. The number of nitro benzene ring substituents is 1. The molecule has 0 atom stereocenters. The van der Waals surface area contributed by atoms with Crippen LogP contribution >= 0.6 is 0 Å². The molecule has 0 radical (unpaired) electrons. The van der Waals surface area contributed by atoms with Crippen molar-refractivity contribution in [2.24, 2.45) is 0 Å². The van der Waals surface area contributed by atoms with Gasteiger partial charge >= 0.3 is 0 Å². The fourth-order valence-electron chi connectivity index (χ4n) is 1.62. The summed E-state index contributed by atoms with van der Waals surface area (Å²) in [4.78, 5) is 10.4. The summed E-state index contributed by atoms with van der Waals surface area (Å²) in [5.74, 6) is 0. The fraction of sp³-hybridized carbons (Fsp3) is 0.538. The smallest absolute Gasteiger partial charge is 0.273 e. The highest BCUT2D eigenvalue weighted by Gasteiger charge is 2.08. The number of ether oxygens (including phenoxy) is 1. The van der Waals surface area contributed by atoms with Gasteiger partial charge in [-0.3, -0.25) is 10.1 Å². The fourth-order valence-corrected chi connectivity index (χ4v) is 1.62. The normalized spacial score (nSPS) is 10.2. The second-order valence-electron chi connectivity index (χ2n) is 4.17. The lowest BCUT2D eigenvalue weighted by Crippen LogP contribution is -2.06. The molecule has 0 amide bonds. The van der Waals surface area contributed by atoms with Crippen LogP contribution in [0.5, 0.6) is 0 Å². The van der Waals surface area contributed by atoms with Gasteiger partial charge in [-0.25, -0.2) is 0 Å². The van der Waals surface area contributed by atoms with Crippen molar-refractivity contribution >= 4 is 17.1 Å². The highest BCUT2D eigenvalue weighted by atomic mass is 16.6. The van der Waals surface area contributed by atoms with Gasteiger partial charge in [-0.15, -0.1) is 0 Å². The molecule has 0 aliphatic rings. The Morgan fingerprint density at radius 1 is 1.26 bits per heavy atom. The van der Waals surface area contributed by atoms with Crippen molar-refractivity contribution in [3.8, 4) is 0 Å². The lowest BCUT2D eigenvalue weighted by atomic mass is 10.2. The number of nitrogens with zero attached hydrogens (tertiary/aromatic N) is 1. The molecule has 0 unspecified atom stereocenters. The van der Waals surface area contributed by atoms with E-state index < -0.39 is 4.92 Å². The maximum atomic E-state index is 10.8. The Hall–Kier alpha value is -1.82. The van der Waals surface area contributed by atoms with Gasteiger partial charge in [0.25, 0.3) is 5.69 Å². The van der Waals surface area contributed by atoms with E-state index in [4.69, 9.17) is 4.74 Å². The zero-order valence-electron chi connectivity index (χ0n) is 11.4. The number of hydrogen-bond donors (Lipinski definition) is 2. The molecule has 0 spiro atoms. The Labute approximate surface area is 113 Å². The van der Waals surface area contributed by atoms with Gasteiger partial charge in [0.1, 0.15) is 0 Å². The van der Waals surface area contributed by atoms with Crippen molar-refractivity contribution in [1.29, 1.82) is 0 Å². The quantitative estimate of drug-likeness (QED) is 0.409. The summed E-state index contributed by atoms with van der Waals surface area (Å²) in [7, 11) is 1.74. The minimum absolute atomic E-state index is 0.0802. The summed E-state index contributed by atoms with van der Waals surface area (Å²) < 4.78 is 5.37. The summed E-state index contributed by atoms with van der Waals surface area (Å²) >= 11 is 0. The Balaban J connectivity index is 2.48. The molecule has 6 nitrogen and oxygen atoms in total. The lowest BCUT2D eigenvalue weighted by Gasteiger charge is -2.09. The first-order valence-corrected chi connectivity index (χ1v) is 6.46. The van der Waals surface area contributed by atoms with E-state index in [0.29, 0.717) is 6.61 Å². The molecule has 1 aromatic carbocycles. The van der Waals surface area contributed by atoms with Gasteiger partial charge in [0.05, 0.1) is 4.92 Å². The third-order valence-electron chi connectivity index (χ3n) is 2.56. The SMILES string of the molecule is CCCOCCCNc1cc(NC)cc([N+](=O)[O-])c1. The Morgan fingerprint density at radius 3 is 2.63 bits per heavy atom. The first kappa shape index (κ1) is 15.2. The van der Waals surface area contributed by atoms with Crippen molar-refractivity contribution in [3.63, 3.8) is 0 Å². The molecule has 2 N–H and O–H groups in total. The summed E-state index contributed by atoms with van der Waals surface area (Å²) in [5, 5.41) is 16.9. The number of nitrogens with one attached hydrogen (secondary N) is 2. The summed E-state index contributed by atoms with van der Waals surface area (Å²) in [6.07, 6.45) is 1.89. The molecule has 0 aliphatic heterocycles. The maximum absolute atomic E-state index is 10.8. The molecular weight excluding hydrogens is 246 g/mol. The van der Waals surface area contributed by atoms with E-state index in [2.05, 4.69) is 17.6 Å². The number of benzene rings is 1. The van der Waals surface area contributed by atoms with Crippen LogP contribution in [0.4, 0.5) is 17.1 Å². The van der Waals surface area contributed by atoms with Crippen LogP contribution in [0.15, 0.2) is 18.2 Å². The van der Waals surface area contributed by atoms with Crippen molar-refractivity contribution < 1.29 is 9.66 Å². The van der Waals surface area contributed by atoms with Crippen LogP contribution in [0.3, 0.4) is 0 Å². The first-order valence-electron chi connectivity index (χ1n) is 6.46. The van der Waals surface area contributed by atoms with Crippen LogP contribution in [-0.2, 0) is 4.74 Å². The molecule has 1 aromatic rings. The summed E-state index contributed by atoms with van der Waals surface area (Å²) in [6, 6.07) is 4.89. The molecule has 6 heteroatoms.